The van der Waals surface area contributed by atoms with Crippen molar-refractivity contribution < 1.29 is 24.6 Å². The molecular weight excluding hydrogens is 485 g/mol. The summed E-state index contributed by atoms with van der Waals surface area (Å²) < 4.78 is 0. The number of likely N-dealkylation sites (tertiary alicyclic amines) is 1. The molecular formula is C24H19Cl2NO5S. The van der Waals surface area contributed by atoms with Crippen molar-refractivity contribution in [3.8, 4) is 0 Å². The van der Waals surface area contributed by atoms with E-state index in [1.807, 2.05) is 0 Å². The molecule has 2 aromatic carbocycles. The van der Waals surface area contributed by atoms with Gasteiger partial charge in [0.05, 0.1) is 22.0 Å². The summed E-state index contributed by atoms with van der Waals surface area (Å²) in [6, 6.07) is 15.7. The van der Waals surface area contributed by atoms with Crippen molar-refractivity contribution in [2.75, 3.05) is 0 Å². The maximum atomic E-state index is 13.9. The van der Waals surface area contributed by atoms with E-state index in [9.17, 15) is 24.6 Å². The van der Waals surface area contributed by atoms with Crippen molar-refractivity contribution in [3.05, 3.63) is 92.1 Å². The van der Waals surface area contributed by atoms with Gasteiger partial charge in [-0.05, 0) is 41.6 Å². The lowest BCUT2D eigenvalue weighted by Crippen LogP contribution is -2.55. The van der Waals surface area contributed by atoms with Crippen LogP contribution in [0.25, 0.3) is 0 Å². The highest BCUT2D eigenvalue weighted by Gasteiger charge is 2.61. The Kier molecular flexibility index (Phi) is 6.47. The second kappa shape index (κ2) is 9.17. The molecule has 1 amide bonds. The summed E-state index contributed by atoms with van der Waals surface area (Å²) in [4.78, 5) is 40.9. The summed E-state index contributed by atoms with van der Waals surface area (Å²) in [5, 5.41) is 22.7. The fourth-order valence-electron chi connectivity index (χ4n) is 4.47. The van der Waals surface area contributed by atoms with E-state index in [2.05, 4.69) is 0 Å². The fraction of sp³-hybridized carbons (Fsp3) is 0.208. The van der Waals surface area contributed by atoms with Crippen LogP contribution in [0.3, 0.4) is 0 Å². The van der Waals surface area contributed by atoms with E-state index < -0.39 is 35.3 Å². The Morgan fingerprint density at radius 1 is 1.00 bits per heavy atom. The maximum absolute atomic E-state index is 13.9. The van der Waals surface area contributed by atoms with Crippen molar-refractivity contribution in [3.63, 3.8) is 0 Å². The molecule has 0 spiro atoms. The van der Waals surface area contributed by atoms with Crippen LogP contribution < -0.4 is 0 Å². The molecule has 1 saturated heterocycles. The number of rotatable bonds is 6. The van der Waals surface area contributed by atoms with Gasteiger partial charge in [-0.15, -0.1) is 11.3 Å². The third-order valence-electron chi connectivity index (χ3n) is 5.95. The lowest BCUT2D eigenvalue weighted by Gasteiger charge is -2.38. The number of halogens is 2. The van der Waals surface area contributed by atoms with Gasteiger partial charge in [-0.1, -0.05) is 59.6 Å². The zero-order valence-electron chi connectivity index (χ0n) is 17.2. The van der Waals surface area contributed by atoms with Crippen molar-refractivity contribution >= 4 is 52.4 Å². The third kappa shape index (κ3) is 4.24. The summed E-state index contributed by atoms with van der Waals surface area (Å²) in [5.74, 6) is -4.13. The summed E-state index contributed by atoms with van der Waals surface area (Å²) >= 11 is 13.4. The summed E-state index contributed by atoms with van der Waals surface area (Å²) in [5.41, 5.74) is -0.957. The van der Waals surface area contributed by atoms with E-state index >= 15 is 0 Å². The molecule has 9 heteroatoms. The average Bonchev–Trinajstić information content (AvgIpc) is 3.42. The summed E-state index contributed by atoms with van der Waals surface area (Å²) in [7, 11) is 0. The number of amides is 1. The Hall–Kier alpha value is -2.87. The second-order valence-electron chi connectivity index (χ2n) is 7.91. The molecule has 0 aliphatic carbocycles. The lowest BCUT2D eigenvalue weighted by molar-refractivity contribution is -0.149. The van der Waals surface area contributed by atoms with Gasteiger partial charge < -0.3 is 15.1 Å². The lowest BCUT2D eigenvalue weighted by atomic mass is 9.85. The number of benzene rings is 2. The highest BCUT2D eigenvalue weighted by atomic mass is 35.5. The quantitative estimate of drug-likeness (QED) is 0.468. The number of hydrogen-bond donors (Lipinski definition) is 2. The zero-order chi connectivity index (χ0) is 23.8. The number of thiophene rings is 1. The van der Waals surface area contributed by atoms with Crippen LogP contribution in [0.4, 0.5) is 0 Å². The molecule has 1 aromatic heterocycles. The Balaban J connectivity index is 1.92. The first-order chi connectivity index (χ1) is 15.7. The van der Waals surface area contributed by atoms with Crippen molar-refractivity contribution in [2.24, 2.45) is 5.92 Å². The summed E-state index contributed by atoms with van der Waals surface area (Å²) in [6.45, 7) is 0. The van der Waals surface area contributed by atoms with Crippen LogP contribution in [0, 0.1) is 5.92 Å². The van der Waals surface area contributed by atoms with E-state index in [0.29, 0.717) is 10.4 Å². The minimum atomic E-state index is -1.78. The molecule has 0 saturated carbocycles. The van der Waals surface area contributed by atoms with Crippen molar-refractivity contribution in [2.45, 2.75) is 24.4 Å². The first-order valence-electron chi connectivity index (χ1n) is 10.1. The van der Waals surface area contributed by atoms with E-state index in [1.165, 1.54) is 34.4 Å². The highest BCUT2D eigenvalue weighted by molar-refractivity contribution is 7.10. The molecule has 3 atom stereocenters. The Morgan fingerprint density at radius 3 is 2.30 bits per heavy atom. The highest BCUT2D eigenvalue weighted by Crippen LogP contribution is 2.50. The van der Waals surface area contributed by atoms with Crippen LogP contribution in [0.2, 0.25) is 10.0 Å². The van der Waals surface area contributed by atoms with Gasteiger partial charge in [0.1, 0.15) is 5.54 Å². The predicted molar refractivity (Wildman–Crippen MR) is 126 cm³/mol. The number of aliphatic carboxylic acids is 2. The Bertz CT molecular complexity index is 1200. The van der Waals surface area contributed by atoms with Crippen LogP contribution in [0.5, 0.6) is 0 Å². The number of carboxylic acid groups (broad SMARTS) is 2. The van der Waals surface area contributed by atoms with Gasteiger partial charge in [0, 0.05) is 16.9 Å². The molecule has 6 nitrogen and oxygen atoms in total. The van der Waals surface area contributed by atoms with Crippen LogP contribution >= 0.6 is 34.5 Å². The number of carboxylic acids is 2. The minimum Gasteiger partial charge on any atom is -0.481 e. The van der Waals surface area contributed by atoms with Gasteiger partial charge >= 0.3 is 11.9 Å². The van der Waals surface area contributed by atoms with Crippen LogP contribution in [0.15, 0.2) is 66.0 Å². The zero-order valence-corrected chi connectivity index (χ0v) is 19.5. The molecule has 33 heavy (non-hydrogen) atoms. The third-order valence-corrected chi connectivity index (χ3v) is 7.63. The van der Waals surface area contributed by atoms with Crippen molar-refractivity contribution in [1.29, 1.82) is 0 Å². The topological polar surface area (TPSA) is 94.9 Å². The molecule has 2 N–H and O–H groups in total. The summed E-state index contributed by atoms with van der Waals surface area (Å²) in [6.07, 6.45) is -0.274. The molecule has 1 aliphatic rings. The van der Waals surface area contributed by atoms with Crippen LogP contribution in [-0.2, 0) is 16.0 Å². The molecule has 0 radical (unpaired) electrons. The maximum Gasteiger partial charge on any atom is 0.330 e. The van der Waals surface area contributed by atoms with E-state index in [-0.39, 0.29) is 28.5 Å². The number of hydrogen-bond acceptors (Lipinski definition) is 4. The smallest absolute Gasteiger partial charge is 0.330 e. The van der Waals surface area contributed by atoms with Gasteiger partial charge in [-0.2, -0.15) is 0 Å². The van der Waals surface area contributed by atoms with Gasteiger partial charge in [-0.25, -0.2) is 4.79 Å². The number of carbonyl (C=O) groups excluding carboxylic acids is 1. The standard InChI is InChI=1S/C24H19Cl2NO5S/c25-17-9-8-15(11-18(17)26)21(28)27-20(19-7-4-10-33-19)16(22(29)30)13-24(27,23(31)32)12-14-5-2-1-3-6-14/h1-11,16,20H,12-13H2,(H,29,30)(H,31,32). The van der Waals surface area contributed by atoms with Gasteiger partial charge in [-0.3, -0.25) is 9.59 Å². The monoisotopic (exact) mass is 503 g/mol. The second-order valence-corrected chi connectivity index (χ2v) is 9.71. The average molecular weight is 504 g/mol. The normalized spacial score (nSPS) is 22.3. The minimum absolute atomic E-state index is 0.0398. The molecule has 0 bridgehead atoms. The number of carbonyl (C=O) groups is 3. The molecule has 3 aromatic rings. The van der Waals surface area contributed by atoms with Gasteiger partial charge in [0.25, 0.3) is 5.91 Å². The van der Waals surface area contributed by atoms with E-state index in [1.54, 1.807) is 47.8 Å². The number of nitrogens with zero attached hydrogens (tertiary/aromatic N) is 1. The molecule has 1 aliphatic heterocycles. The first kappa shape index (κ1) is 23.3. The van der Waals surface area contributed by atoms with Crippen LogP contribution in [0.1, 0.15) is 33.3 Å². The molecule has 170 valence electrons. The predicted octanol–water partition coefficient (Wildman–Crippen LogP) is 5.41. The molecule has 1 fully saturated rings. The van der Waals surface area contributed by atoms with Gasteiger partial charge in [0.2, 0.25) is 0 Å². The largest absolute Gasteiger partial charge is 0.481 e. The molecule has 2 heterocycles. The van der Waals surface area contributed by atoms with E-state index in [4.69, 9.17) is 23.2 Å². The first-order valence-corrected chi connectivity index (χ1v) is 11.7. The van der Waals surface area contributed by atoms with Gasteiger partial charge in [0.15, 0.2) is 0 Å². The van der Waals surface area contributed by atoms with Crippen LogP contribution in [-0.4, -0.2) is 38.5 Å². The van der Waals surface area contributed by atoms with Crippen molar-refractivity contribution in [1.82, 2.24) is 4.90 Å². The SMILES string of the molecule is O=C(O)C1CC(Cc2ccccc2)(C(=O)O)N(C(=O)c2ccc(Cl)c(Cl)c2)C1c1cccs1. The fourth-order valence-corrected chi connectivity index (χ4v) is 5.65. The van der Waals surface area contributed by atoms with E-state index in [0.717, 1.165) is 0 Å². The molecule has 4 rings (SSSR count). The molecule has 3 unspecified atom stereocenters. The Morgan fingerprint density at radius 2 is 1.73 bits per heavy atom. The Labute approximate surface area is 204 Å².